The number of carbonyl (C=O) groups excluding carboxylic acids is 1. The van der Waals surface area contributed by atoms with Gasteiger partial charge in [-0.2, -0.15) is 0 Å². The number of carboxylic acid groups (broad SMARTS) is 1. The van der Waals surface area contributed by atoms with Crippen molar-refractivity contribution in [3.05, 3.63) is 30.5 Å². The van der Waals surface area contributed by atoms with Crippen LogP contribution >= 0.6 is 0 Å². The number of ether oxygens (including phenoxy) is 2. The highest BCUT2D eigenvalue weighted by molar-refractivity contribution is 5.93. The van der Waals surface area contributed by atoms with Gasteiger partial charge in [0.2, 0.25) is 5.88 Å². The molecule has 0 spiro atoms. The number of methoxy groups -OCH3 is 1. The first-order valence-electron chi connectivity index (χ1n) is 4.90. The third-order valence-corrected chi connectivity index (χ3v) is 1.85. The van der Waals surface area contributed by atoms with Crippen molar-refractivity contribution in [2.75, 3.05) is 19.0 Å². The lowest BCUT2D eigenvalue weighted by atomic mass is 10.2. The minimum atomic E-state index is -1.21. The van der Waals surface area contributed by atoms with Crippen LogP contribution in [-0.4, -0.2) is 35.9 Å². The molecule has 7 heteroatoms. The van der Waals surface area contributed by atoms with Gasteiger partial charge >= 0.3 is 12.1 Å². The number of aromatic nitrogens is 1. The first kappa shape index (κ1) is 13.5. The average molecular weight is 252 g/mol. The maximum absolute atomic E-state index is 11.2. The van der Waals surface area contributed by atoms with Crippen molar-refractivity contribution in [2.45, 2.75) is 0 Å². The van der Waals surface area contributed by atoms with Crippen LogP contribution in [0.2, 0.25) is 0 Å². The van der Waals surface area contributed by atoms with E-state index in [1.807, 2.05) is 0 Å². The summed E-state index contributed by atoms with van der Waals surface area (Å²) in [5.74, 6) is -1.24. The molecule has 96 valence electrons. The van der Waals surface area contributed by atoms with Gasteiger partial charge in [-0.15, -0.1) is 0 Å². The van der Waals surface area contributed by atoms with Crippen LogP contribution < -0.4 is 10.1 Å². The van der Waals surface area contributed by atoms with Crippen molar-refractivity contribution >= 4 is 17.7 Å². The van der Waals surface area contributed by atoms with Gasteiger partial charge in [0, 0.05) is 0 Å². The number of anilines is 1. The Morgan fingerprint density at radius 2 is 2.33 bits per heavy atom. The Labute approximate surface area is 103 Å². The topological polar surface area (TPSA) is 97.8 Å². The molecule has 0 saturated heterocycles. The van der Waals surface area contributed by atoms with Gasteiger partial charge in [0.25, 0.3) is 0 Å². The quantitative estimate of drug-likeness (QED) is 0.771. The first-order chi connectivity index (χ1) is 8.58. The summed E-state index contributed by atoms with van der Waals surface area (Å²) in [5.41, 5.74) is 0.0429. The highest BCUT2D eigenvalue weighted by Crippen LogP contribution is 2.19. The second-order valence-electron chi connectivity index (χ2n) is 3.10. The second kappa shape index (κ2) is 6.24. The van der Waals surface area contributed by atoms with E-state index in [1.54, 1.807) is 0 Å². The fourth-order valence-corrected chi connectivity index (χ4v) is 1.13. The molecule has 1 aromatic heterocycles. The zero-order valence-electron chi connectivity index (χ0n) is 9.67. The number of nitrogens with zero attached hydrogens (tertiary/aromatic N) is 1. The van der Waals surface area contributed by atoms with Crippen LogP contribution in [0.5, 0.6) is 5.88 Å². The van der Waals surface area contributed by atoms with Crippen molar-refractivity contribution < 1.29 is 24.2 Å². The molecule has 0 fully saturated rings. The molecule has 0 radical (unpaired) electrons. The van der Waals surface area contributed by atoms with E-state index < -0.39 is 12.1 Å². The first-order valence-corrected chi connectivity index (χ1v) is 4.90. The minimum Gasteiger partial charge on any atom is -0.480 e. The third-order valence-electron chi connectivity index (χ3n) is 1.85. The monoisotopic (exact) mass is 252 g/mol. The number of hydrogen-bond acceptors (Lipinski definition) is 5. The van der Waals surface area contributed by atoms with E-state index in [-0.39, 0.29) is 23.7 Å². The van der Waals surface area contributed by atoms with Crippen LogP contribution in [0.25, 0.3) is 0 Å². The zero-order valence-corrected chi connectivity index (χ0v) is 9.67. The number of aromatic carboxylic acids is 1. The average Bonchev–Trinajstić information content (AvgIpc) is 2.36. The summed E-state index contributed by atoms with van der Waals surface area (Å²) < 4.78 is 9.46. The summed E-state index contributed by atoms with van der Waals surface area (Å²) in [7, 11) is 1.31. The van der Waals surface area contributed by atoms with Gasteiger partial charge in [0.15, 0.2) is 0 Å². The smallest absolute Gasteiger partial charge is 0.411 e. The lowest BCUT2D eigenvalue weighted by Gasteiger charge is -2.08. The van der Waals surface area contributed by atoms with Gasteiger partial charge in [0.05, 0.1) is 19.0 Å². The van der Waals surface area contributed by atoms with Gasteiger partial charge in [-0.05, 0) is 6.07 Å². The molecular weight excluding hydrogens is 240 g/mol. The van der Waals surface area contributed by atoms with E-state index in [0.29, 0.717) is 0 Å². The molecule has 7 nitrogen and oxygen atoms in total. The molecule has 0 unspecified atom stereocenters. The highest BCUT2D eigenvalue weighted by atomic mass is 16.5. The number of carboxylic acids is 1. The Balaban J connectivity index is 2.85. The van der Waals surface area contributed by atoms with Gasteiger partial charge in [-0.25, -0.2) is 14.6 Å². The maximum atomic E-state index is 11.2. The number of pyridine rings is 1. The number of amides is 1. The molecule has 0 saturated carbocycles. The van der Waals surface area contributed by atoms with Crippen molar-refractivity contribution in [3.63, 3.8) is 0 Å². The summed E-state index contributed by atoms with van der Waals surface area (Å²) in [6.45, 7) is 3.44. The van der Waals surface area contributed by atoms with Crippen molar-refractivity contribution in [1.82, 2.24) is 4.98 Å². The number of carbonyl (C=O) groups is 2. The predicted octanol–water partition coefficient (Wildman–Crippen LogP) is 1.52. The Kier molecular flexibility index (Phi) is 4.67. The Morgan fingerprint density at radius 3 is 2.89 bits per heavy atom. The molecule has 0 aliphatic rings. The largest absolute Gasteiger partial charge is 0.480 e. The van der Waals surface area contributed by atoms with E-state index in [4.69, 9.17) is 9.84 Å². The normalized spacial score (nSPS) is 9.39. The summed E-state index contributed by atoms with van der Waals surface area (Å²) in [6, 6.07) is 1.23. The Hall–Kier alpha value is -2.57. The molecule has 1 heterocycles. The fourth-order valence-electron chi connectivity index (χ4n) is 1.13. The second-order valence-corrected chi connectivity index (χ2v) is 3.10. The van der Waals surface area contributed by atoms with Crippen LogP contribution in [0.15, 0.2) is 24.9 Å². The van der Waals surface area contributed by atoms with E-state index in [1.165, 1.54) is 25.4 Å². The predicted molar refractivity (Wildman–Crippen MR) is 62.9 cm³/mol. The van der Waals surface area contributed by atoms with E-state index in [2.05, 4.69) is 21.6 Å². The molecule has 2 N–H and O–H groups in total. The summed E-state index contributed by atoms with van der Waals surface area (Å²) in [5, 5.41) is 11.3. The van der Waals surface area contributed by atoms with Crippen molar-refractivity contribution in [3.8, 4) is 5.88 Å². The molecule has 0 aliphatic carbocycles. The van der Waals surface area contributed by atoms with Gasteiger partial charge < -0.3 is 14.6 Å². The van der Waals surface area contributed by atoms with Crippen LogP contribution in [0.1, 0.15) is 10.4 Å². The maximum Gasteiger partial charge on any atom is 0.411 e. The Morgan fingerprint density at radius 1 is 1.61 bits per heavy atom. The Bertz CT molecular complexity index is 473. The zero-order chi connectivity index (χ0) is 13.5. The summed E-state index contributed by atoms with van der Waals surface area (Å²) in [6.07, 6.45) is 1.95. The van der Waals surface area contributed by atoms with Gasteiger partial charge in [-0.1, -0.05) is 12.7 Å². The van der Waals surface area contributed by atoms with E-state index in [0.717, 1.165) is 0 Å². The van der Waals surface area contributed by atoms with Crippen LogP contribution in [-0.2, 0) is 4.74 Å². The SMILES string of the molecule is C=CCOC(=O)Nc1cnc(OC)c(C(=O)O)c1. The minimum absolute atomic E-state index is 0.0347. The van der Waals surface area contributed by atoms with Crippen LogP contribution in [0.4, 0.5) is 10.5 Å². The molecule has 0 bridgehead atoms. The molecule has 0 aromatic carbocycles. The highest BCUT2D eigenvalue weighted by Gasteiger charge is 2.14. The lowest BCUT2D eigenvalue weighted by Crippen LogP contribution is -2.14. The summed E-state index contributed by atoms with van der Waals surface area (Å²) in [4.78, 5) is 25.9. The molecule has 1 rings (SSSR count). The van der Waals surface area contributed by atoms with E-state index >= 15 is 0 Å². The number of rotatable bonds is 5. The van der Waals surface area contributed by atoms with Crippen LogP contribution in [0.3, 0.4) is 0 Å². The molecule has 0 aliphatic heterocycles. The molecule has 18 heavy (non-hydrogen) atoms. The van der Waals surface area contributed by atoms with E-state index in [9.17, 15) is 9.59 Å². The van der Waals surface area contributed by atoms with Gasteiger partial charge in [-0.3, -0.25) is 5.32 Å². The molecule has 1 amide bonds. The molecule has 1 aromatic rings. The van der Waals surface area contributed by atoms with Crippen molar-refractivity contribution in [2.24, 2.45) is 0 Å². The number of hydrogen-bond donors (Lipinski definition) is 2. The van der Waals surface area contributed by atoms with Gasteiger partial charge in [0.1, 0.15) is 12.2 Å². The van der Waals surface area contributed by atoms with Crippen molar-refractivity contribution in [1.29, 1.82) is 0 Å². The molecule has 0 atom stereocenters. The molecular formula is C11H12N2O5. The third kappa shape index (κ3) is 3.48. The number of nitrogens with one attached hydrogen (secondary N) is 1. The van der Waals surface area contributed by atoms with Crippen LogP contribution in [0, 0.1) is 0 Å². The lowest BCUT2D eigenvalue weighted by molar-refractivity contribution is 0.0692. The summed E-state index contributed by atoms with van der Waals surface area (Å²) >= 11 is 0. The fraction of sp³-hybridized carbons (Fsp3) is 0.182. The standard InChI is InChI=1S/C11H12N2O5/c1-3-4-18-11(16)13-7-5-8(10(14)15)9(17-2)12-6-7/h3,5-6H,1,4H2,2H3,(H,13,16)(H,14,15).